The fraction of sp³-hybridized carbons (Fsp3) is 0.286. The molecular formula is C28H28FN5O. The number of nitrogens with one attached hydrogen (secondary N) is 2. The Balaban J connectivity index is 1.37. The zero-order chi connectivity index (χ0) is 23.9. The third kappa shape index (κ3) is 4.01. The fourth-order valence-electron chi connectivity index (χ4n) is 5.51. The SMILES string of the molecule is NC(=O)C1=CCC(n2ccc3c(-c4nc5ccc(F)cc5[nH]4)cccc32)C=C1NC1CCCCC1. The monoisotopic (exact) mass is 469 g/mol. The number of carbonyl (C=O) groups is 1. The number of rotatable bonds is 5. The molecule has 4 aromatic rings. The van der Waals surface area contributed by atoms with E-state index >= 15 is 0 Å². The summed E-state index contributed by atoms with van der Waals surface area (Å²) in [7, 11) is 0. The molecule has 35 heavy (non-hydrogen) atoms. The first-order valence-corrected chi connectivity index (χ1v) is 12.3. The van der Waals surface area contributed by atoms with Gasteiger partial charge in [-0.2, -0.15) is 0 Å². The van der Waals surface area contributed by atoms with Crippen LogP contribution in [0.1, 0.15) is 44.6 Å². The number of aromatic amines is 1. The van der Waals surface area contributed by atoms with Gasteiger partial charge in [-0.15, -0.1) is 0 Å². The molecule has 178 valence electrons. The molecular weight excluding hydrogens is 441 g/mol. The second kappa shape index (κ2) is 8.73. The lowest BCUT2D eigenvalue weighted by molar-refractivity contribution is -0.114. The van der Waals surface area contributed by atoms with Crippen molar-refractivity contribution in [3.63, 3.8) is 0 Å². The fourth-order valence-corrected chi connectivity index (χ4v) is 5.51. The number of carbonyl (C=O) groups excluding carboxylic acids is 1. The first-order chi connectivity index (χ1) is 17.1. The van der Waals surface area contributed by atoms with Crippen LogP contribution in [-0.2, 0) is 4.79 Å². The van der Waals surface area contributed by atoms with Crippen molar-refractivity contribution in [3.8, 4) is 11.4 Å². The Labute approximate surface area is 202 Å². The lowest BCUT2D eigenvalue weighted by Crippen LogP contribution is -2.35. The highest BCUT2D eigenvalue weighted by molar-refractivity contribution is 5.97. The van der Waals surface area contributed by atoms with E-state index in [4.69, 9.17) is 5.73 Å². The van der Waals surface area contributed by atoms with Gasteiger partial charge >= 0.3 is 0 Å². The number of hydrogen-bond donors (Lipinski definition) is 3. The molecule has 1 amide bonds. The Morgan fingerprint density at radius 2 is 2.00 bits per heavy atom. The summed E-state index contributed by atoms with van der Waals surface area (Å²) in [5, 5.41) is 4.68. The van der Waals surface area contributed by atoms with Gasteiger partial charge in [0.15, 0.2) is 0 Å². The van der Waals surface area contributed by atoms with Gasteiger partial charge in [0.05, 0.1) is 22.6 Å². The summed E-state index contributed by atoms with van der Waals surface area (Å²) in [6.07, 6.45) is 12.8. The molecule has 0 spiro atoms. The number of fused-ring (bicyclic) bond motifs is 2. The van der Waals surface area contributed by atoms with Crippen LogP contribution < -0.4 is 11.1 Å². The zero-order valence-electron chi connectivity index (χ0n) is 19.4. The maximum Gasteiger partial charge on any atom is 0.250 e. The summed E-state index contributed by atoms with van der Waals surface area (Å²) in [5.74, 6) is 0.0323. The Kier molecular flexibility index (Phi) is 5.40. The number of hydrogen-bond acceptors (Lipinski definition) is 3. The first kappa shape index (κ1) is 21.6. The van der Waals surface area contributed by atoms with Gasteiger partial charge in [0.25, 0.3) is 0 Å². The van der Waals surface area contributed by atoms with Gasteiger partial charge in [-0.05, 0) is 55.7 Å². The second-order valence-electron chi connectivity index (χ2n) is 9.55. The predicted molar refractivity (Wildman–Crippen MR) is 136 cm³/mol. The van der Waals surface area contributed by atoms with Crippen LogP contribution in [0.15, 0.2) is 72.1 Å². The van der Waals surface area contributed by atoms with E-state index < -0.39 is 0 Å². The van der Waals surface area contributed by atoms with Crippen LogP contribution in [0.25, 0.3) is 33.3 Å². The molecule has 2 aromatic carbocycles. The number of nitrogens with zero attached hydrogens (tertiary/aromatic N) is 2. The Morgan fingerprint density at radius 1 is 1.14 bits per heavy atom. The minimum Gasteiger partial charge on any atom is -0.382 e. The normalized spacial score (nSPS) is 19.1. The van der Waals surface area contributed by atoms with E-state index in [2.05, 4.69) is 44.3 Å². The number of benzene rings is 2. The quantitative estimate of drug-likeness (QED) is 0.361. The summed E-state index contributed by atoms with van der Waals surface area (Å²) < 4.78 is 15.9. The average molecular weight is 470 g/mol. The minimum atomic E-state index is -0.390. The largest absolute Gasteiger partial charge is 0.382 e. The van der Waals surface area contributed by atoms with E-state index in [1.165, 1.54) is 31.4 Å². The van der Waals surface area contributed by atoms with E-state index in [1.807, 2.05) is 18.2 Å². The highest BCUT2D eigenvalue weighted by Crippen LogP contribution is 2.34. The van der Waals surface area contributed by atoms with E-state index in [1.54, 1.807) is 6.07 Å². The van der Waals surface area contributed by atoms with Crippen LogP contribution in [0.4, 0.5) is 4.39 Å². The number of primary amides is 1. The average Bonchev–Trinajstić information content (AvgIpc) is 3.48. The van der Waals surface area contributed by atoms with Gasteiger partial charge in [-0.3, -0.25) is 4.79 Å². The smallest absolute Gasteiger partial charge is 0.250 e. The molecule has 0 bridgehead atoms. The van der Waals surface area contributed by atoms with Crippen molar-refractivity contribution < 1.29 is 9.18 Å². The zero-order valence-corrected chi connectivity index (χ0v) is 19.4. The third-order valence-corrected chi connectivity index (χ3v) is 7.26. The first-order valence-electron chi connectivity index (χ1n) is 12.3. The highest BCUT2D eigenvalue weighted by Gasteiger charge is 2.24. The summed E-state index contributed by atoms with van der Waals surface area (Å²) >= 11 is 0. The van der Waals surface area contributed by atoms with Crippen LogP contribution in [0, 0.1) is 5.82 Å². The van der Waals surface area contributed by atoms with E-state index in [9.17, 15) is 9.18 Å². The Hall–Kier alpha value is -3.87. The number of amides is 1. The third-order valence-electron chi connectivity index (χ3n) is 7.26. The van der Waals surface area contributed by atoms with Gasteiger partial charge in [0.2, 0.25) is 5.91 Å². The summed E-state index contributed by atoms with van der Waals surface area (Å²) in [5.41, 5.74) is 10.6. The van der Waals surface area contributed by atoms with Crippen LogP contribution in [-0.4, -0.2) is 26.5 Å². The van der Waals surface area contributed by atoms with Gasteiger partial charge in [0.1, 0.15) is 11.6 Å². The molecule has 1 atom stereocenters. The van der Waals surface area contributed by atoms with Gasteiger partial charge in [-0.1, -0.05) is 37.5 Å². The van der Waals surface area contributed by atoms with Crippen molar-refractivity contribution in [3.05, 3.63) is 77.9 Å². The maximum absolute atomic E-state index is 13.7. The van der Waals surface area contributed by atoms with Crippen molar-refractivity contribution >= 4 is 27.8 Å². The van der Waals surface area contributed by atoms with Crippen LogP contribution >= 0.6 is 0 Å². The van der Waals surface area contributed by atoms with E-state index in [-0.39, 0.29) is 17.8 Å². The number of aromatic nitrogens is 3. The van der Waals surface area contributed by atoms with E-state index in [0.29, 0.717) is 29.4 Å². The molecule has 6 nitrogen and oxygen atoms in total. The molecule has 7 heteroatoms. The topological polar surface area (TPSA) is 88.7 Å². The van der Waals surface area contributed by atoms with Crippen molar-refractivity contribution in [2.45, 2.75) is 50.6 Å². The molecule has 4 N–H and O–H groups in total. The van der Waals surface area contributed by atoms with Gasteiger partial charge < -0.3 is 20.6 Å². The molecule has 0 radical (unpaired) electrons. The minimum absolute atomic E-state index is 0.0571. The van der Waals surface area contributed by atoms with Crippen LogP contribution in [0.2, 0.25) is 0 Å². The molecule has 2 aliphatic carbocycles. The number of allylic oxidation sites excluding steroid dienone is 2. The number of nitrogens with two attached hydrogens (primary N) is 1. The van der Waals surface area contributed by atoms with Gasteiger partial charge in [0, 0.05) is 34.4 Å². The highest BCUT2D eigenvalue weighted by atomic mass is 19.1. The molecule has 1 fully saturated rings. The van der Waals surface area contributed by atoms with Crippen molar-refractivity contribution in [1.29, 1.82) is 0 Å². The molecule has 0 aliphatic heterocycles. The summed E-state index contributed by atoms with van der Waals surface area (Å²) in [6, 6.07) is 13.2. The molecule has 2 aromatic heterocycles. The second-order valence-corrected chi connectivity index (χ2v) is 9.55. The molecule has 1 saturated carbocycles. The molecule has 0 saturated heterocycles. The summed E-state index contributed by atoms with van der Waals surface area (Å²) in [4.78, 5) is 20.1. The maximum atomic E-state index is 13.7. The molecule has 2 aliphatic rings. The summed E-state index contributed by atoms with van der Waals surface area (Å²) in [6.45, 7) is 0. The predicted octanol–water partition coefficient (Wildman–Crippen LogP) is 5.49. The standard InChI is InChI=1S/C28H28FN5O/c29-17-9-12-23-25(15-17)33-28(32-23)21-7-4-8-26-20(21)13-14-34(26)19-10-11-22(27(30)35)24(16-19)31-18-5-2-1-3-6-18/h4,7-9,11-16,18-19,31H,1-3,5-6,10H2,(H2,30,35)(H,32,33). The molecule has 2 heterocycles. The van der Waals surface area contributed by atoms with Gasteiger partial charge in [-0.25, -0.2) is 9.37 Å². The van der Waals surface area contributed by atoms with E-state index in [0.717, 1.165) is 40.5 Å². The van der Waals surface area contributed by atoms with Crippen LogP contribution in [0.5, 0.6) is 0 Å². The van der Waals surface area contributed by atoms with Crippen molar-refractivity contribution in [2.75, 3.05) is 0 Å². The van der Waals surface area contributed by atoms with Crippen LogP contribution in [0.3, 0.4) is 0 Å². The Morgan fingerprint density at radius 3 is 2.83 bits per heavy atom. The Bertz CT molecular complexity index is 1490. The lowest BCUT2D eigenvalue weighted by Gasteiger charge is -2.29. The molecule has 1 unspecified atom stereocenters. The lowest BCUT2D eigenvalue weighted by atomic mass is 9.93. The number of imidazole rings is 1. The van der Waals surface area contributed by atoms with Crippen molar-refractivity contribution in [2.24, 2.45) is 5.73 Å². The number of halogens is 1. The van der Waals surface area contributed by atoms with Crippen molar-refractivity contribution in [1.82, 2.24) is 19.9 Å². The number of H-pyrrole nitrogens is 1. The molecule has 6 rings (SSSR count).